The minimum atomic E-state index is -2.82. The Bertz CT molecular complexity index is 557. The average Bonchev–Trinajstić information content (AvgIpc) is 2.93. The van der Waals surface area contributed by atoms with E-state index in [1.165, 1.54) is 48.3 Å². The maximum Gasteiger partial charge on any atom is 0.278 e. The number of fused-ring (bicyclic) bond motifs is 1. The summed E-state index contributed by atoms with van der Waals surface area (Å²) in [6, 6.07) is 0. The fourth-order valence-corrected chi connectivity index (χ4v) is 4.01. The predicted molar refractivity (Wildman–Crippen MR) is 88.4 cm³/mol. The largest absolute Gasteiger partial charge is 0.464 e. The molecule has 6 heteroatoms. The average molecular weight is 342 g/mol. The SMILES string of the molecule is CC(F)(F)COc1nc2c(s1)CCN(CC=C1CCCCC1)C2. The van der Waals surface area contributed by atoms with Gasteiger partial charge in [0.2, 0.25) is 0 Å². The molecule has 1 aromatic rings. The number of aromatic nitrogens is 1. The molecule has 3 nitrogen and oxygen atoms in total. The number of ether oxygens (including phenoxy) is 1. The van der Waals surface area contributed by atoms with E-state index < -0.39 is 12.5 Å². The van der Waals surface area contributed by atoms with Gasteiger partial charge in [-0.15, -0.1) is 0 Å². The van der Waals surface area contributed by atoms with Gasteiger partial charge in [-0.05, 0) is 32.1 Å². The van der Waals surface area contributed by atoms with E-state index >= 15 is 0 Å². The van der Waals surface area contributed by atoms with Crippen LogP contribution in [-0.2, 0) is 13.0 Å². The molecule has 0 saturated heterocycles. The molecule has 1 aliphatic heterocycles. The summed E-state index contributed by atoms with van der Waals surface area (Å²) >= 11 is 1.42. The van der Waals surface area contributed by atoms with E-state index in [9.17, 15) is 8.78 Å². The molecule has 2 heterocycles. The Balaban J connectivity index is 1.54. The Hall–Kier alpha value is -1.01. The lowest BCUT2D eigenvalue weighted by Crippen LogP contribution is -2.30. The van der Waals surface area contributed by atoms with Gasteiger partial charge in [-0.1, -0.05) is 29.4 Å². The first-order chi connectivity index (χ1) is 11.0. The molecule has 3 rings (SSSR count). The lowest BCUT2D eigenvalue weighted by atomic mass is 9.94. The Morgan fingerprint density at radius 3 is 2.78 bits per heavy atom. The molecule has 1 aliphatic carbocycles. The zero-order valence-electron chi connectivity index (χ0n) is 13.6. The third-order valence-electron chi connectivity index (χ3n) is 4.37. The lowest BCUT2D eigenvalue weighted by Gasteiger charge is -2.25. The van der Waals surface area contributed by atoms with Crippen LogP contribution in [0.1, 0.15) is 49.6 Å². The molecule has 1 fully saturated rings. The van der Waals surface area contributed by atoms with Crippen molar-refractivity contribution in [3.63, 3.8) is 0 Å². The second-order valence-corrected chi connectivity index (χ2v) is 7.66. The van der Waals surface area contributed by atoms with Gasteiger partial charge in [0.1, 0.15) is 0 Å². The van der Waals surface area contributed by atoms with Gasteiger partial charge >= 0.3 is 0 Å². The van der Waals surface area contributed by atoms with Gasteiger partial charge in [0.15, 0.2) is 6.61 Å². The minimum absolute atomic E-state index is 0.379. The van der Waals surface area contributed by atoms with E-state index in [1.807, 2.05) is 0 Å². The van der Waals surface area contributed by atoms with Crippen molar-refractivity contribution in [1.29, 1.82) is 0 Å². The van der Waals surface area contributed by atoms with Crippen molar-refractivity contribution in [2.75, 3.05) is 19.7 Å². The number of nitrogens with zero attached hydrogens (tertiary/aromatic N) is 2. The van der Waals surface area contributed by atoms with Gasteiger partial charge in [-0.25, -0.2) is 13.8 Å². The highest BCUT2D eigenvalue weighted by Gasteiger charge is 2.25. The Morgan fingerprint density at radius 2 is 2.04 bits per heavy atom. The van der Waals surface area contributed by atoms with Crippen molar-refractivity contribution in [3.05, 3.63) is 22.2 Å². The van der Waals surface area contributed by atoms with E-state index in [0.717, 1.165) is 38.7 Å². The number of alkyl halides is 2. The van der Waals surface area contributed by atoms with Gasteiger partial charge in [0.05, 0.1) is 5.69 Å². The number of halogens is 2. The van der Waals surface area contributed by atoms with Crippen LogP contribution in [0.3, 0.4) is 0 Å². The second-order valence-electron chi connectivity index (χ2n) is 6.62. The highest BCUT2D eigenvalue weighted by atomic mass is 32.1. The normalized spacial score (nSPS) is 19.5. The number of rotatable bonds is 5. The quantitative estimate of drug-likeness (QED) is 0.741. The molecule has 1 aromatic heterocycles. The van der Waals surface area contributed by atoms with Gasteiger partial charge in [-0.2, -0.15) is 0 Å². The van der Waals surface area contributed by atoms with Gasteiger partial charge < -0.3 is 4.74 Å². The monoisotopic (exact) mass is 342 g/mol. The summed E-state index contributed by atoms with van der Waals surface area (Å²) in [6.45, 7) is 3.02. The molecule has 0 radical (unpaired) electrons. The number of hydrogen-bond donors (Lipinski definition) is 0. The molecule has 128 valence electrons. The van der Waals surface area contributed by atoms with Crippen LogP contribution in [-0.4, -0.2) is 35.5 Å². The Labute approximate surface area is 140 Å². The molecular formula is C17H24F2N2OS. The van der Waals surface area contributed by atoms with Gasteiger partial charge in [0.25, 0.3) is 11.1 Å². The second kappa shape index (κ2) is 7.26. The summed E-state index contributed by atoms with van der Waals surface area (Å²) in [4.78, 5) is 7.96. The first-order valence-corrected chi connectivity index (χ1v) is 9.21. The van der Waals surface area contributed by atoms with Crippen molar-refractivity contribution < 1.29 is 13.5 Å². The Kier molecular flexibility index (Phi) is 5.31. The van der Waals surface area contributed by atoms with E-state index in [2.05, 4.69) is 16.0 Å². The number of thiazole rings is 1. The maximum absolute atomic E-state index is 12.9. The summed E-state index contributed by atoms with van der Waals surface area (Å²) < 4.78 is 30.9. The molecule has 0 amide bonds. The molecule has 0 aromatic carbocycles. The van der Waals surface area contributed by atoms with Crippen molar-refractivity contribution in [2.45, 2.75) is 57.9 Å². The molecule has 23 heavy (non-hydrogen) atoms. The van der Waals surface area contributed by atoms with Crippen molar-refractivity contribution in [2.24, 2.45) is 0 Å². The molecule has 2 aliphatic rings. The molecule has 1 saturated carbocycles. The van der Waals surface area contributed by atoms with E-state index in [0.29, 0.717) is 5.19 Å². The molecule has 0 N–H and O–H groups in total. The summed E-state index contributed by atoms with van der Waals surface area (Å²) in [6.07, 6.45) is 9.82. The Morgan fingerprint density at radius 1 is 1.26 bits per heavy atom. The molecule has 0 bridgehead atoms. The van der Waals surface area contributed by atoms with Crippen molar-refractivity contribution >= 4 is 11.3 Å². The maximum atomic E-state index is 12.9. The first-order valence-electron chi connectivity index (χ1n) is 8.39. The zero-order chi connectivity index (χ0) is 16.3. The fraction of sp³-hybridized carbons (Fsp3) is 0.706. The summed E-state index contributed by atoms with van der Waals surface area (Å²) in [5, 5.41) is 0.379. The lowest BCUT2D eigenvalue weighted by molar-refractivity contribution is -0.0230. The topological polar surface area (TPSA) is 25.4 Å². The van der Waals surface area contributed by atoms with Gasteiger partial charge in [-0.3, -0.25) is 4.90 Å². The third-order valence-corrected chi connectivity index (χ3v) is 5.44. The third kappa shape index (κ3) is 4.98. The predicted octanol–water partition coefficient (Wildman–Crippen LogP) is 4.43. The summed E-state index contributed by atoms with van der Waals surface area (Å²) in [5.74, 6) is -2.82. The smallest absolute Gasteiger partial charge is 0.278 e. The van der Waals surface area contributed by atoms with Crippen LogP contribution in [0.4, 0.5) is 8.78 Å². The minimum Gasteiger partial charge on any atom is -0.464 e. The highest BCUT2D eigenvalue weighted by molar-refractivity contribution is 7.13. The van der Waals surface area contributed by atoms with Crippen molar-refractivity contribution in [1.82, 2.24) is 9.88 Å². The first kappa shape index (κ1) is 16.8. The zero-order valence-corrected chi connectivity index (χ0v) is 14.4. The van der Waals surface area contributed by atoms with Crippen LogP contribution in [0.2, 0.25) is 0 Å². The number of allylic oxidation sites excluding steroid dienone is 1. The molecule has 0 spiro atoms. The summed E-state index contributed by atoms with van der Waals surface area (Å²) in [5.41, 5.74) is 2.59. The van der Waals surface area contributed by atoms with Crippen LogP contribution in [0.25, 0.3) is 0 Å². The van der Waals surface area contributed by atoms with E-state index in [-0.39, 0.29) is 0 Å². The van der Waals surface area contributed by atoms with E-state index in [1.54, 1.807) is 5.57 Å². The number of hydrogen-bond acceptors (Lipinski definition) is 4. The standard InChI is InChI=1S/C17H24F2N2OS/c1-17(18,19)12-22-16-20-14-11-21(10-8-15(14)23-16)9-7-13-5-3-2-4-6-13/h7H,2-6,8-12H2,1H3. The molecular weight excluding hydrogens is 318 g/mol. The fourth-order valence-electron chi connectivity index (χ4n) is 3.10. The van der Waals surface area contributed by atoms with Gasteiger partial charge in [0, 0.05) is 31.4 Å². The highest BCUT2D eigenvalue weighted by Crippen LogP contribution is 2.31. The molecule has 0 atom stereocenters. The van der Waals surface area contributed by atoms with Crippen LogP contribution in [0, 0.1) is 0 Å². The van der Waals surface area contributed by atoms with Crippen LogP contribution < -0.4 is 4.74 Å². The summed E-state index contributed by atoms with van der Waals surface area (Å²) in [7, 11) is 0. The van der Waals surface area contributed by atoms with E-state index in [4.69, 9.17) is 4.74 Å². The molecule has 0 unspecified atom stereocenters. The van der Waals surface area contributed by atoms with Crippen LogP contribution in [0.5, 0.6) is 5.19 Å². The van der Waals surface area contributed by atoms with Crippen LogP contribution in [0.15, 0.2) is 11.6 Å². The van der Waals surface area contributed by atoms with Crippen molar-refractivity contribution in [3.8, 4) is 5.19 Å². The van der Waals surface area contributed by atoms with Crippen LogP contribution >= 0.6 is 11.3 Å².